The number of carbonyl (C=O) groups excluding carboxylic acids is 1. The topological polar surface area (TPSA) is 94.2 Å². The summed E-state index contributed by atoms with van der Waals surface area (Å²) in [5.41, 5.74) is 0. The number of ether oxygens (including phenoxy) is 3. The molecule has 1 aliphatic heterocycles. The van der Waals surface area contributed by atoms with E-state index in [9.17, 15) is 13.2 Å². The summed E-state index contributed by atoms with van der Waals surface area (Å²) in [6.07, 6.45) is 1.80. The Hall–Kier alpha value is -2.78. The quantitative estimate of drug-likeness (QED) is 0.575. The van der Waals surface area contributed by atoms with Gasteiger partial charge in [0, 0.05) is 13.1 Å². The number of rotatable bonds is 10. The van der Waals surface area contributed by atoms with Crippen LogP contribution in [0.4, 0.5) is 0 Å². The van der Waals surface area contributed by atoms with Crippen molar-refractivity contribution < 1.29 is 27.4 Å². The largest absolute Gasteiger partial charge is 0.493 e. The van der Waals surface area contributed by atoms with Gasteiger partial charge in [0.1, 0.15) is 12.4 Å². The molecule has 1 fully saturated rings. The Morgan fingerprint density at radius 3 is 2.33 bits per heavy atom. The van der Waals surface area contributed by atoms with Crippen LogP contribution in [-0.2, 0) is 14.8 Å². The van der Waals surface area contributed by atoms with E-state index in [2.05, 4.69) is 5.32 Å². The summed E-state index contributed by atoms with van der Waals surface area (Å²) < 4.78 is 42.7. The maximum atomic E-state index is 12.5. The Balaban J connectivity index is 1.39. The predicted octanol–water partition coefficient (Wildman–Crippen LogP) is 2.05. The van der Waals surface area contributed by atoms with E-state index in [4.69, 9.17) is 14.2 Å². The normalized spacial score (nSPS) is 14.3. The van der Waals surface area contributed by atoms with Crippen LogP contribution in [0.1, 0.15) is 12.8 Å². The molecule has 162 valence electrons. The van der Waals surface area contributed by atoms with Crippen LogP contribution >= 0.6 is 0 Å². The van der Waals surface area contributed by atoms with Crippen LogP contribution in [0.25, 0.3) is 0 Å². The third-order valence-electron chi connectivity index (χ3n) is 4.65. The first-order valence-electron chi connectivity index (χ1n) is 9.76. The minimum absolute atomic E-state index is 0.135. The average molecular weight is 435 g/mol. The van der Waals surface area contributed by atoms with E-state index in [0.717, 1.165) is 12.8 Å². The maximum absolute atomic E-state index is 12.5. The summed E-state index contributed by atoms with van der Waals surface area (Å²) in [7, 11) is -1.89. The van der Waals surface area contributed by atoms with E-state index in [1.807, 2.05) is 6.07 Å². The van der Waals surface area contributed by atoms with Gasteiger partial charge in [0.05, 0.1) is 18.6 Å². The van der Waals surface area contributed by atoms with Crippen molar-refractivity contribution in [3.8, 4) is 17.2 Å². The van der Waals surface area contributed by atoms with Gasteiger partial charge in [-0.1, -0.05) is 12.1 Å². The Kier molecular flexibility index (Phi) is 7.53. The number of carbonyl (C=O) groups is 1. The smallest absolute Gasteiger partial charge is 0.258 e. The first kappa shape index (κ1) is 21.9. The van der Waals surface area contributed by atoms with Crippen LogP contribution in [0.2, 0.25) is 0 Å². The molecule has 0 unspecified atom stereocenters. The Labute approximate surface area is 176 Å². The number of para-hydroxylation sites is 2. The minimum Gasteiger partial charge on any atom is -0.493 e. The van der Waals surface area contributed by atoms with Gasteiger partial charge >= 0.3 is 0 Å². The maximum Gasteiger partial charge on any atom is 0.258 e. The number of benzene rings is 2. The summed E-state index contributed by atoms with van der Waals surface area (Å²) >= 11 is 0. The van der Waals surface area contributed by atoms with Gasteiger partial charge in [0.25, 0.3) is 5.91 Å². The van der Waals surface area contributed by atoms with Crippen molar-refractivity contribution in [2.24, 2.45) is 0 Å². The molecular weight excluding hydrogens is 408 g/mol. The first-order chi connectivity index (χ1) is 14.5. The molecule has 0 radical (unpaired) electrons. The van der Waals surface area contributed by atoms with Crippen molar-refractivity contribution in [1.82, 2.24) is 9.62 Å². The minimum atomic E-state index is -3.43. The SMILES string of the molecule is COc1ccccc1OCC(=O)NCCOc1ccc(S(=O)(=O)N2CCCC2)cc1. The lowest BCUT2D eigenvalue weighted by Crippen LogP contribution is -2.32. The average Bonchev–Trinajstić information content (AvgIpc) is 3.32. The van der Waals surface area contributed by atoms with E-state index in [-0.39, 0.29) is 24.0 Å². The van der Waals surface area contributed by atoms with Gasteiger partial charge in [-0.15, -0.1) is 0 Å². The zero-order chi connectivity index (χ0) is 21.4. The lowest BCUT2D eigenvalue weighted by molar-refractivity contribution is -0.123. The van der Waals surface area contributed by atoms with E-state index >= 15 is 0 Å². The molecule has 9 heteroatoms. The van der Waals surface area contributed by atoms with E-state index in [1.165, 1.54) is 11.4 Å². The van der Waals surface area contributed by atoms with Crippen LogP contribution in [0.5, 0.6) is 17.2 Å². The van der Waals surface area contributed by atoms with Gasteiger partial charge in [0.2, 0.25) is 10.0 Å². The second-order valence-electron chi connectivity index (χ2n) is 6.72. The molecule has 0 bridgehead atoms. The standard InChI is InChI=1S/C21H26N2O6S/c1-27-19-6-2-3-7-20(19)29-16-21(24)22-12-15-28-17-8-10-18(11-9-17)30(25,26)23-13-4-5-14-23/h2-3,6-11H,4-5,12-16H2,1H3,(H,22,24). The molecule has 1 saturated heterocycles. The van der Waals surface area contributed by atoms with E-state index in [0.29, 0.717) is 36.9 Å². The molecule has 2 aromatic rings. The molecule has 0 spiro atoms. The predicted molar refractivity (Wildman–Crippen MR) is 111 cm³/mol. The highest BCUT2D eigenvalue weighted by Crippen LogP contribution is 2.25. The van der Waals surface area contributed by atoms with Gasteiger partial charge < -0.3 is 19.5 Å². The fourth-order valence-corrected chi connectivity index (χ4v) is 4.59. The molecule has 1 amide bonds. The van der Waals surface area contributed by atoms with Gasteiger partial charge in [-0.25, -0.2) is 8.42 Å². The lowest BCUT2D eigenvalue weighted by atomic mass is 10.3. The Morgan fingerprint density at radius 1 is 1.00 bits per heavy atom. The fourth-order valence-electron chi connectivity index (χ4n) is 3.08. The molecule has 0 aliphatic carbocycles. The molecule has 0 atom stereocenters. The van der Waals surface area contributed by atoms with Crippen molar-refractivity contribution in [1.29, 1.82) is 0 Å². The number of nitrogens with one attached hydrogen (secondary N) is 1. The molecule has 2 aromatic carbocycles. The highest BCUT2D eigenvalue weighted by molar-refractivity contribution is 7.89. The third-order valence-corrected chi connectivity index (χ3v) is 6.56. The number of sulfonamides is 1. The van der Waals surface area contributed by atoms with Crippen LogP contribution in [0.3, 0.4) is 0 Å². The molecule has 30 heavy (non-hydrogen) atoms. The van der Waals surface area contributed by atoms with E-state index in [1.54, 1.807) is 42.5 Å². The van der Waals surface area contributed by atoms with Gasteiger partial charge in [-0.2, -0.15) is 4.31 Å². The summed E-state index contributed by atoms with van der Waals surface area (Å²) in [5.74, 6) is 1.31. The number of hydrogen-bond acceptors (Lipinski definition) is 6. The zero-order valence-corrected chi connectivity index (χ0v) is 17.7. The molecule has 0 aromatic heterocycles. The number of hydrogen-bond donors (Lipinski definition) is 1. The van der Waals surface area contributed by atoms with Crippen molar-refractivity contribution in [3.63, 3.8) is 0 Å². The fraction of sp³-hybridized carbons (Fsp3) is 0.381. The van der Waals surface area contributed by atoms with Gasteiger partial charge in [-0.3, -0.25) is 4.79 Å². The highest BCUT2D eigenvalue weighted by atomic mass is 32.2. The highest BCUT2D eigenvalue weighted by Gasteiger charge is 2.26. The van der Waals surface area contributed by atoms with Crippen LogP contribution in [-0.4, -0.2) is 58.6 Å². The second-order valence-corrected chi connectivity index (χ2v) is 8.66. The van der Waals surface area contributed by atoms with Crippen molar-refractivity contribution in [2.75, 3.05) is 40.0 Å². The molecule has 1 aliphatic rings. The van der Waals surface area contributed by atoms with Crippen LogP contribution < -0.4 is 19.5 Å². The first-order valence-corrected chi connectivity index (χ1v) is 11.2. The molecule has 3 rings (SSSR count). The summed E-state index contributed by atoms with van der Waals surface area (Å²) in [4.78, 5) is 12.2. The molecule has 1 heterocycles. The monoisotopic (exact) mass is 434 g/mol. The Morgan fingerprint density at radius 2 is 1.67 bits per heavy atom. The van der Waals surface area contributed by atoms with Gasteiger partial charge in [0.15, 0.2) is 18.1 Å². The summed E-state index contributed by atoms with van der Waals surface area (Å²) in [6, 6.07) is 13.4. The summed E-state index contributed by atoms with van der Waals surface area (Å²) in [5, 5.41) is 2.70. The third kappa shape index (κ3) is 5.64. The number of amides is 1. The number of methoxy groups -OCH3 is 1. The summed E-state index contributed by atoms with van der Waals surface area (Å²) in [6.45, 7) is 1.55. The van der Waals surface area contributed by atoms with E-state index < -0.39 is 10.0 Å². The molecule has 0 saturated carbocycles. The molecular formula is C21H26N2O6S. The van der Waals surface area contributed by atoms with Crippen molar-refractivity contribution >= 4 is 15.9 Å². The molecule has 8 nitrogen and oxygen atoms in total. The lowest BCUT2D eigenvalue weighted by Gasteiger charge is -2.15. The zero-order valence-electron chi connectivity index (χ0n) is 16.9. The van der Waals surface area contributed by atoms with Crippen molar-refractivity contribution in [3.05, 3.63) is 48.5 Å². The Bertz CT molecular complexity index is 940. The second kappa shape index (κ2) is 10.3. The van der Waals surface area contributed by atoms with Crippen molar-refractivity contribution in [2.45, 2.75) is 17.7 Å². The van der Waals surface area contributed by atoms with Crippen LogP contribution in [0, 0.1) is 0 Å². The van der Waals surface area contributed by atoms with Gasteiger partial charge in [-0.05, 0) is 49.2 Å². The molecule has 1 N–H and O–H groups in total. The number of nitrogens with zero attached hydrogens (tertiary/aromatic N) is 1. The van der Waals surface area contributed by atoms with Crippen LogP contribution in [0.15, 0.2) is 53.4 Å².